The van der Waals surface area contributed by atoms with Crippen molar-refractivity contribution in [1.29, 1.82) is 0 Å². The number of H-pyrrole nitrogens is 1. The number of carbonyl (C=O) groups is 2. The number of likely N-dealkylation sites (tertiary alicyclic amines) is 1. The Morgan fingerprint density at radius 1 is 1.22 bits per heavy atom. The predicted molar refractivity (Wildman–Crippen MR) is 78.0 cm³/mol. The molecule has 2 heterocycles. The van der Waals surface area contributed by atoms with E-state index in [-0.39, 0.29) is 22.9 Å². The van der Waals surface area contributed by atoms with Crippen LogP contribution in [0, 0.1) is 11.6 Å². The molecule has 2 amide bonds. The van der Waals surface area contributed by atoms with Crippen LogP contribution >= 0.6 is 0 Å². The second-order valence-electron chi connectivity index (χ2n) is 5.23. The zero-order valence-corrected chi connectivity index (χ0v) is 12.1. The van der Waals surface area contributed by atoms with Crippen molar-refractivity contribution in [1.82, 2.24) is 15.1 Å². The lowest BCUT2D eigenvalue weighted by molar-refractivity contribution is 0.0788. The maximum absolute atomic E-state index is 13.6. The van der Waals surface area contributed by atoms with Gasteiger partial charge >= 0.3 is 0 Å². The second kappa shape index (κ2) is 6.15. The van der Waals surface area contributed by atoms with Gasteiger partial charge in [-0.15, -0.1) is 0 Å². The first-order chi connectivity index (χ1) is 11.1. The van der Waals surface area contributed by atoms with Gasteiger partial charge in [0.1, 0.15) is 11.6 Å². The van der Waals surface area contributed by atoms with Gasteiger partial charge in [-0.3, -0.25) is 14.7 Å². The van der Waals surface area contributed by atoms with Gasteiger partial charge in [0.25, 0.3) is 11.8 Å². The summed E-state index contributed by atoms with van der Waals surface area (Å²) in [4.78, 5) is 26.1. The molecule has 1 aromatic carbocycles. The van der Waals surface area contributed by atoms with Gasteiger partial charge in [-0.05, 0) is 25.0 Å². The maximum atomic E-state index is 13.6. The number of carbonyl (C=O) groups excluding carboxylic acids is 2. The summed E-state index contributed by atoms with van der Waals surface area (Å²) in [5, 5.41) is 8.81. The summed E-state index contributed by atoms with van der Waals surface area (Å²) in [6, 6.07) is 2.66. The highest BCUT2D eigenvalue weighted by Crippen LogP contribution is 2.19. The topological polar surface area (TPSA) is 78.1 Å². The largest absolute Gasteiger partial charge is 0.337 e. The summed E-state index contributed by atoms with van der Waals surface area (Å²) in [6.07, 6.45) is 3.21. The van der Waals surface area contributed by atoms with E-state index in [1.54, 1.807) is 4.90 Å². The highest BCUT2D eigenvalue weighted by Gasteiger charge is 2.25. The monoisotopic (exact) mass is 320 g/mol. The molecule has 23 heavy (non-hydrogen) atoms. The van der Waals surface area contributed by atoms with Crippen molar-refractivity contribution in [2.24, 2.45) is 0 Å². The number of amides is 2. The summed E-state index contributed by atoms with van der Waals surface area (Å²) in [5.74, 6) is -2.82. The molecule has 1 fully saturated rings. The third-order valence-corrected chi connectivity index (χ3v) is 3.66. The molecule has 0 atom stereocenters. The summed E-state index contributed by atoms with van der Waals surface area (Å²) >= 11 is 0. The highest BCUT2D eigenvalue weighted by atomic mass is 19.1. The maximum Gasteiger partial charge on any atom is 0.276 e. The van der Waals surface area contributed by atoms with Crippen LogP contribution in [0.4, 0.5) is 14.5 Å². The van der Waals surface area contributed by atoms with E-state index >= 15 is 0 Å². The predicted octanol–water partition coefficient (Wildman–Crippen LogP) is 2.18. The first-order valence-corrected chi connectivity index (χ1v) is 7.15. The average molecular weight is 320 g/mol. The molecule has 1 aliphatic heterocycles. The van der Waals surface area contributed by atoms with Crippen molar-refractivity contribution in [2.45, 2.75) is 12.8 Å². The molecule has 0 unspecified atom stereocenters. The first-order valence-electron chi connectivity index (χ1n) is 7.15. The average Bonchev–Trinajstić information content (AvgIpc) is 3.17. The van der Waals surface area contributed by atoms with Crippen LogP contribution in [0.15, 0.2) is 24.4 Å². The fourth-order valence-electron chi connectivity index (χ4n) is 2.48. The molecule has 1 aromatic heterocycles. The lowest BCUT2D eigenvalue weighted by Crippen LogP contribution is -2.29. The SMILES string of the molecule is O=C(Nc1c[nH]nc1C(=O)N1CCCC1)c1ccc(F)cc1F. The molecule has 0 spiro atoms. The van der Waals surface area contributed by atoms with Crippen LogP contribution in [0.2, 0.25) is 0 Å². The molecule has 0 radical (unpaired) electrons. The molecular weight excluding hydrogens is 306 g/mol. The van der Waals surface area contributed by atoms with Gasteiger partial charge in [0.15, 0.2) is 5.69 Å². The number of benzene rings is 1. The van der Waals surface area contributed by atoms with Gasteiger partial charge < -0.3 is 10.2 Å². The summed E-state index contributed by atoms with van der Waals surface area (Å²) < 4.78 is 26.5. The Balaban J connectivity index is 1.79. The molecule has 0 aliphatic carbocycles. The Kier molecular flexibility index (Phi) is 4.05. The highest BCUT2D eigenvalue weighted by molar-refractivity contribution is 6.08. The number of nitrogens with one attached hydrogen (secondary N) is 2. The minimum absolute atomic E-state index is 0.0720. The van der Waals surface area contributed by atoms with Crippen LogP contribution in [0.25, 0.3) is 0 Å². The summed E-state index contributed by atoms with van der Waals surface area (Å²) in [5.41, 5.74) is -0.0782. The molecule has 2 N–H and O–H groups in total. The first kappa shape index (κ1) is 15.1. The Bertz CT molecular complexity index is 754. The van der Waals surface area contributed by atoms with E-state index in [9.17, 15) is 18.4 Å². The second-order valence-corrected chi connectivity index (χ2v) is 5.23. The van der Waals surface area contributed by atoms with Crippen LogP contribution in [0.1, 0.15) is 33.7 Å². The number of halogens is 2. The van der Waals surface area contributed by atoms with Gasteiger partial charge in [-0.1, -0.05) is 0 Å². The van der Waals surface area contributed by atoms with Gasteiger partial charge in [0.2, 0.25) is 0 Å². The summed E-state index contributed by atoms with van der Waals surface area (Å²) in [7, 11) is 0. The minimum atomic E-state index is -0.974. The molecule has 0 saturated carbocycles. The number of rotatable bonds is 3. The number of aromatic amines is 1. The third-order valence-electron chi connectivity index (χ3n) is 3.66. The van der Waals surface area contributed by atoms with E-state index < -0.39 is 17.5 Å². The van der Waals surface area contributed by atoms with Gasteiger partial charge in [0, 0.05) is 25.4 Å². The number of hydrogen-bond acceptors (Lipinski definition) is 3. The Morgan fingerprint density at radius 2 is 1.96 bits per heavy atom. The third kappa shape index (κ3) is 3.05. The number of aromatic nitrogens is 2. The lowest BCUT2D eigenvalue weighted by atomic mass is 10.2. The van der Waals surface area contributed by atoms with Gasteiger partial charge in [0.05, 0.1) is 11.3 Å². The van der Waals surface area contributed by atoms with Crippen molar-refractivity contribution >= 4 is 17.5 Å². The van der Waals surface area contributed by atoms with Crippen LogP contribution in [0.5, 0.6) is 0 Å². The van der Waals surface area contributed by atoms with Gasteiger partial charge in [-0.2, -0.15) is 5.10 Å². The zero-order chi connectivity index (χ0) is 16.4. The number of hydrogen-bond donors (Lipinski definition) is 2. The van der Waals surface area contributed by atoms with E-state index in [0.29, 0.717) is 19.2 Å². The molecule has 0 bridgehead atoms. The summed E-state index contributed by atoms with van der Waals surface area (Å²) in [6.45, 7) is 1.29. The Morgan fingerprint density at radius 3 is 2.65 bits per heavy atom. The van der Waals surface area contributed by atoms with Crippen molar-refractivity contribution < 1.29 is 18.4 Å². The molecule has 3 rings (SSSR count). The van der Waals surface area contributed by atoms with E-state index in [1.165, 1.54) is 6.20 Å². The van der Waals surface area contributed by atoms with Crippen molar-refractivity contribution in [3.05, 3.63) is 47.3 Å². The molecule has 120 valence electrons. The van der Waals surface area contributed by atoms with Crippen LogP contribution in [0.3, 0.4) is 0 Å². The standard InChI is InChI=1S/C15H14F2N4O2/c16-9-3-4-10(11(17)7-9)14(22)19-12-8-18-20-13(12)15(23)21-5-1-2-6-21/h3-4,7-8H,1-2,5-6H2,(H,18,20)(H,19,22). The van der Waals surface area contributed by atoms with Crippen molar-refractivity contribution in [3.63, 3.8) is 0 Å². The van der Waals surface area contributed by atoms with Crippen LogP contribution < -0.4 is 5.32 Å². The fraction of sp³-hybridized carbons (Fsp3) is 0.267. The molecule has 1 aliphatic rings. The van der Waals surface area contributed by atoms with E-state index in [0.717, 1.165) is 25.0 Å². The normalized spacial score (nSPS) is 14.1. The van der Waals surface area contributed by atoms with E-state index in [1.807, 2.05) is 0 Å². The van der Waals surface area contributed by atoms with E-state index in [4.69, 9.17) is 0 Å². The van der Waals surface area contributed by atoms with E-state index in [2.05, 4.69) is 15.5 Å². The minimum Gasteiger partial charge on any atom is -0.337 e. The quantitative estimate of drug-likeness (QED) is 0.910. The van der Waals surface area contributed by atoms with Crippen LogP contribution in [-0.2, 0) is 0 Å². The van der Waals surface area contributed by atoms with Crippen molar-refractivity contribution in [3.8, 4) is 0 Å². The smallest absolute Gasteiger partial charge is 0.276 e. The molecule has 6 nitrogen and oxygen atoms in total. The molecular formula is C15H14F2N4O2. The fourth-order valence-corrected chi connectivity index (χ4v) is 2.48. The zero-order valence-electron chi connectivity index (χ0n) is 12.1. The van der Waals surface area contributed by atoms with Gasteiger partial charge in [-0.25, -0.2) is 8.78 Å². The number of anilines is 1. The number of nitrogens with zero attached hydrogens (tertiary/aromatic N) is 2. The Hall–Kier alpha value is -2.77. The van der Waals surface area contributed by atoms with Crippen molar-refractivity contribution in [2.75, 3.05) is 18.4 Å². The Labute approximate surface area is 130 Å². The van der Waals surface area contributed by atoms with Crippen LogP contribution in [-0.4, -0.2) is 40.0 Å². The molecule has 2 aromatic rings. The molecule has 1 saturated heterocycles. The lowest BCUT2D eigenvalue weighted by Gasteiger charge is -2.14. The molecule has 8 heteroatoms.